The van der Waals surface area contributed by atoms with Gasteiger partial charge in [0.25, 0.3) is 0 Å². The van der Waals surface area contributed by atoms with Gasteiger partial charge in [0.2, 0.25) is 5.91 Å². The van der Waals surface area contributed by atoms with Crippen LogP contribution in [-0.2, 0) is 4.79 Å². The third kappa shape index (κ3) is 3.21. The Bertz CT molecular complexity index is 368. The zero-order valence-corrected chi connectivity index (χ0v) is 9.95. The predicted octanol–water partition coefficient (Wildman–Crippen LogP) is 1.33. The number of amides is 1. The van der Waals surface area contributed by atoms with Gasteiger partial charge in [-0.05, 0) is 18.2 Å². The topological polar surface area (TPSA) is 78.3 Å². The third-order valence-electron chi connectivity index (χ3n) is 2.01. The van der Waals surface area contributed by atoms with Crippen molar-refractivity contribution in [1.29, 1.82) is 0 Å². The Kier molecular flexibility index (Phi) is 4.11. The minimum absolute atomic E-state index is 0.104. The first-order valence-corrected chi connectivity index (χ1v) is 5.21. The molecule has 1 aromatic rings. The number of hydrogen-bond donors (Lipinski definition) is 2. The first-order chi connectivity index (χ1) is 7.04. The lowest BCUT2D eigenvalue weighted by Crippen LogP contribution is -2.21. The Balaban J connectivity index is 2.99. The van der Waals surface area contributed by atoms with Crippen molar-refractivity contribution in [3.8, 4) is 5.75 Å². The maximum atomic E-state index is 10.8. The standard InChI is InChI=1S/C10H13BrN2O2/c1-15-9-3-2-6(11)4-7(9)8(12)5-10(13)14/h2-4,8H,5,12H2,1H3,(H2,13,14). The van der Waals surface area contributed by atoms with E-state index in [0.29, 0.717) is 5.75 Å². The summed E-state index contributed by atoms with van der Waals surface area (Å²) in [4.78, 5) is 10.8. The summed E-state index contributed by atoms with van der Waals surface area (Å²) in [5.74, 6) is 0.233. The van der Waals surface area contributed by atoms with Gasteiger partial charge < -0.3 is 16.2 Å². The second-order valence-electron chi connectivity index (χ2n) is 3.16. The van der Waals surface area contributed by atoms with E-state index in [1.807, 2.05) is 12.1 Å². The van der Waals surface area contributed by atoms with Crippen molar-refractivity contribution in [1.82, 2.24) is 0 Å². The van der Waals surface area contributed by atoms with E-state index >= 15 is 0 Å². The molecule has 1 unspecified atom stereocenters. The van der Waals surface area contributed by atoms with Crippen LogP contribution in [0.5, 0.6) is 5.75 Å². The summed E-state index contributed by atoms with van der Waals surface area (Å²) in [5, 5.41) is 0. The van der Waals surface area contributed by atoms with E-state index in [1.165, 1.54) is 0 Å². The summed E-state index contributed by atoms with van der Waals surface area (Å²) in [5.41, 5.74) is 11.7. The summed E-state index contributed by atoms with van der Waals surface area (Å²) >= 11 is 3.33. The summed E-state index contributed by atoms with van der Waals surface area (Å²) in [6.07, 6.45) is 0.104. The van der Waals surface area contributed by atoms with E-state index in [2.05, 4.69) is 15.9 Å². The molecule has 15 heavy (non-hydrogen) atoms. The molecule has 0 saturated carbocycles. The van der Waals surface area contributed by atoms with Crippen molar-refractivity contribution in [2.45, 2.75) is 12.5 Å². The van der Waals surface area contributed by atoms with Gasteiger partial charge in [-0.15, -0.1) is 0 Å². The van der Waals surface area contributed by atoms with Gasteiger partial charge in [0.15, 0.2) is 0 Å². The minimum atomic E-state index is -0.435. The Morgan fingerprint density at radius 1 is 1.60 bits per heavy atom. The molecule has 4 nitrogen and oxygen atoms in total. The molecule has 1 amide bonds. The van der Waals surface area contributed by atoms with Gasteiger partial charge in [0, 0.05) is 22.5 Å². The highest BCUT2D eigenvalue weighted by molar-refractivity contribution is 9.10. The minimum Gasteiger partial charge on any atom is -0.496 e. The van der Waals surface area contributed by atoms with Gasteiger partial charge in [-0.2, -0.15) is 0 Å². The Morgan fingerprint density at radius 2 is 2.27 bits per heavy atom. The van der Waals surface area contributed by atoms with Gasteiger partial charge in [-0.1, -0.05) is 15.9 Å². The van der Waals surface area contributed by atoms with Crippen LogP contribution in [0.25, 0.3) is 0 Å². The van der Waals surface area contributed by atoms with Crippen LogP contribution in [0.3, 0.4) is 0 Å². The normalized spacial score (nSPS) is 12.2. The van der Waals surface area contributed by atoms with E-state index in [-0.39, 0.29) is 6.42 Å². The molecule has 82 valence electrons. The van der Waals surface area contributed by atoms with Crippen molar-refractivity contribution in [3.05, 3.63) is 28.2 Å². The smallest absolute Gasteiger partial charge is 0.219 e. The van der Waals surface area contributed by atoms with E-state index in [1.54, 1.807) is 13.2 Å². The van der Waals surface area contributed by atoms with E-state index in [9.17, 15) is 4.79 Å². The third-order valence-corrected chi connectivity index (χ3v) is 2.51. The van der Waals surface area contributed by atoms with Crippen molar-refractivity contribution < 1.29 is 9.53 Å². The number of carbonyl (C=O) groups excluding carboxylic acids is 1. The highest BCUT2D eigenvalue weighted by Gasteiger charge is 2.14. The molecule has 0 spiro atoms. The summed E-state index contributed by atoms with van der Waals surface area (Å²) < 4.78 is 6.04. The van der Waals surface area contributed by atoms with E-state index in [4.69, 9.17) is 16.2 Å². The van der Waals surface area contributed by atoms with Gasteiger partial charge >= 0.3 is 0 Å². The maximum absolute atomic E-state index is 10.8. The average Bonchev–Trinajstić information content (AvgIpc) is 2.16. The number of carbonyl (C=O) groups is 1. The van der Waals surface area contributed by atoms with Crippen LogP contribution in [-0.4, -0.2) is 13.0 Å². The monoisotopic (exact) mass is 272 g/mol. The van der Waals surface area contributed by atoms with Crippen LogP contribution in [0.1, 0.15) is 18.0 Å². The molecule has 1 aromatic carbocycles. The van der Waals surface area contributed by atoms with Crippen LogP contribution in [0.4, 0.5) is 0 Å². The Hall–Kier alpha value is -1.07. The Labute approximate surface area is 96.7 Å². The van der Waals surface area contributed by atoms with Crippen LogP contribution in [0, 0.1) is 0 Å². The summed E-state index contributed by atoms with van der Waals surface area (Å²) in [7, 11) is 1.56. The second-order valence-corrected chi connectivity index (χ2v) is 4.08. The second kappa shape index (κ2) is 5.14. The molecule has 0 aliphatic heterocycles. The predicted molar refractivity (Wildman–Crippen MR) is 61.4 cm³/mol. The number of benzene rings is 1. The number of primary amides is 1. The zero-order valence-electron chi connectivity index (χ0n) is 8.37. The SMILES string of the molecule is COc1ccc(Br)cc1C(N)CC(N)=O. The van der Waals surface area contributed by atoms with Gasteiger partial charge in [0.1, 0.15) is 5.75 Å². The number of halogens is 1. The molecular weight excluding hydrogens is 260 g/mol. The molecule has 0 aromatic heterocycles. The molecule has 0 saturated heterocycles. The van der Waals surface area contributed by atoms with Crippen molar-refractivity contribution in [2.24, 2.45) is 11.5 Å². The number of ether oxygens (including phenoxy) is 1. The highest BCUT2D eigenvalue weighted by atomic mass is 79.9. The lowest BCUT2D eigenvalue weighted by Gasteiger charge is -2.14. The lowest BCUT2D eigenvalue weighted by molar-refractivity contribution is -0.118. The summed E-state index contributed by atoms with van der Waals surface area (Å²) in [6, 6.07) is 5.03. The molecule has 0 bridgehead atoms. The number of methoxy groups -OCH3 is 1. The van der Waals surface area contributed by atoms with Crippen molar-refractivity contribution in [2.75, 3.05) is 7.11 Å². The molecular formula is C10H13BrN2O2. The molecule has 5 heteroatoms. The Morgan fingerprint density at radius 3 is 2.80 bits per heavy atom. The van der Waals surface area contributed by atoms with Crippen LogP contribution in [0.2, 0.25) is 0 Å². The van der Waals surface area contributed by atoms with Crippen molar-refractivity contribution in [3.63, 3.8) is 0 Å². The van der Waals surface area contributed by atoms with Crippen molar-refractivity contribution >= 4 is 21.8 Å². The number of hydrogen-bond acceptors (Lipinski definition) is 3. The molecule has 4 N–H and O–H groups in total. The number of rotatable bonds is 4. The average molecular weight is 273 g/mol. The lowest BCUT2D eigenvalue weighted by atomic mass is 10.0. The quantitative estimate of drug-likeness (QED) is 0.868. The van der Waals surface area contributed by atoms with Gasteiger partial charge in [-0.3, -0.25) is 4.79 Å². The van der Waals surface area contributed by atoms with E-state index < -0.39 is 11.9 Å². The van der Waals surface area contributed by atoms with Crippen LogP contribution < -0.4 is 16.2 Å². The molecule has 0 aliphatic carbocycles. The number of nitrogens with two attached hydrogens (primary N) is 2. The fourth-order valence-electron chi connectivity index (χ4n) is 1.32. The molecule has 0 heterocycles. The fourth-order valence-corrected chi connectivity index (χ4v) is 1.70. The first kappa shape index (κ1) is 12.0. The first-order valence-electron chi connectivity index (χ1n) is 4.42. The largest absolute Gasteiger partial charge is 0.496 e. The zero-order chi connectivity index (χ0) is 11.4. The molecule has 1 rings (SSSR count). The van der Waals surface area contributed by atoms with Gasteiger partial charge in [0.05, 0.1) is 7.11 Å². The molecule has 0 radical (unpaired) electrons. The maximum Gasteiger partial charge on any atom is 0.219 e. The van der Waals surface area contributed by atoms with Gasteiger partial charge in [-0.25, -0.2) is 0 Å². The van der Waals surface area contributed by atoms with E-state index in [0.717, 1.165) is 10.0 Å². The highest BCUT2D eigenvalue weighted by Crippen LogP contribution is 2.28. The van der Waals surface area contributed by atoms with Crippen LogP contribution in [0.15, 0.2) is 22.7 Å². The van der Waals surface area contributed by atoms with Crippen LogP contribution >= 0.6 is 15.9 Å². The fraction of sp³-hybridized carbons (Fsp3) is 0.300. The molecule has 0 aliphatic rings. The molecule has 1 atom stereocenters. The molecule has 0 fully saturated rings. The summed E-state index contributed by atoms with van der Waals surface area (Å²) in [6.45, 7) is 0.